The lowest BCUT2D eigenvalue weighted by Crippen LogP contribution is -2.34. The Bertz CT molecular complexity index is 92.4. The first-order chi connectivity index (χ1) is 3.93. The Balaban J connectivity index is 2.27. The molecule has 0 radical (unpaired) electrons. The topological polar surface area (TPSA) is 38.0 Å². The molecule has 1 unspecified atom stereocenters. The van der Waals surface area contributed by atoms with Gasteiger partial charge in [0, 0.05) is 13.1 Å². The summed E-state index contributed by atoms with van der Waals surface area (Å²) < 4.78 is 0. The molecule has 1 aliphatic heterocycles. The van der Waals surface area contributed by atoms with Gasteiger partial charge in [0.25, 0.3) is 0 Å². The lowest BCUT2D eigenvalue weighted by Gasteiger charge is -2.15. The van der Waals surface area contributed by atoms with Crippen molar-refractivity contribution in [2.75, 3.05) is 13.1 Å². The van der Waals surface area contributed by atoms with Gasteiger partial charge in [0.15, 0.2) is 0 Å². The van der Waals surface area contributed by atoms with E-state index in [1.54, 1.807) is 11.8 Å². The predicted molar refractivity (Wildman–Crippen MR) is 37.6 cm³/mol. The second-order valence-corrected chi connectivity index (χ2v) is 2.75. The van der Waals surface area contributed by atoms with E-state index in [1.807, 2.05) is 0 Å². The zero-order valence-electron chi connectivity index (χ0n) is 4.63. The number of hydrogen-bond donors (Lipinski definition) is 2. The molecule has 0 amide bonds. The van der Waals surface area contributed by atoms with Gasteiger partial charge in [0.2, 0.25) is 0 Å². The summed E-state index contributed by atoms with van der Waals surface area (Å²) in [5.74, 6) is 0. The van der Waals surface area contributed by atoms with Crippen molar-refractivity contribution in [2.45, 2.75) is 5.37 Å². The second kappa shape index (κ2) is 3.12. The third kappa shape index (κ3) is 1.51. The molecule has 1 atom stereocenters. The summed E-state index contributed by atoms with van der Waals surface area (Å²) in [5, 5.41) is 5.76. The van der Waals surface area contributed by atoms with Gasteiger partial charge in [0.1, 0.15) is 0 Å². The molecule has 1 heterocycles. The standard InChI is InChI=1S/C5H10N2S/c6-4-5-7-2-1-3-8-5/h1,3,5,7H,2,4,6H2. The first-order valence-corrected chi connectivity index (χ1v) is 3.61. The molecule has 0 fully saturated rings. The maximum absolute atomic E-state index is 5.39. The van der Waals surface area contributed by atoms with E-state index in [0.29, 0.717) is 5.37 Å². The van der Waals surface area contributed by atoms with Gasteiger partial charge in [-0.2, -0.15) is 0 Å². The molecule has 3 N–H and O–H groups in total. The van der Waals surface area contributed by atoms with Crippen LogP contribution in [0.1, 0.15) is 0 Å². The van der Waals surface area contributed by atoms with Crippen LogP contribution >= 0.6 is 11.8 Å². The van der Waals surface area contributed by atoms with Gasteiger partial charge in [0.05, 0.1) is 5.37 Å². The molecule has 8 heavy (non-hydrogen) atoms. The highest BCUT2D eigenvalue weighted by atomic mass is 32.2. The monoisotopic (exact) mass is 130 g/mol. The van der Waals surface area contributed by atoms with Gasteiger partial charge in [-0.1, -0.05) is 6.08 Å². The van der Waals surface area contributed by atoms with Crippen molar-refractivity contribution in [3.05, 3.63) is 11.5 Å². The van der Waals surface area contributed by atoms with E-state index >= 15 is 0 Å². The van der Waals surface area contributed by atoms with Crippen LogP contribution in [-0.4, -0.2) is 18.5 Å². The van der Waals surface area contributed by atoms with E-state index in [0.717, 1.165) is 13.1 Å². The first-order valence-electron chi connectivity index (χ1n) is 2.67. The SMILES string of the molecule is NCC1NCC=CS1. The zero-order valence-corrected chi connectivity index (χ0v) is 5.45. The Morgan fingerprint density at radius 2 is 2.75 bits per heavy atom. The van der Waals surface area contributed by atoms with Gasteiger partial charge in [-0.25, -0.2) is 0 Å². The van der Waals surface area contributed by atoms with Gasteiger partial charge in [-0.05, 0) is 5.41 Å². The summed E-state index contributed by atoms with van der Waals surface area (Å²) in [5.41, 5.74) is 5.39. The van der Waals surface area contributed by atoms with Gasteiger partial charge in [-0.15, -0.1) is 11.8 Å². The summed E-state index contributed by atoms with van der Waals surface area (Å²) in [4.78, 5) is 0. The largest absolute Gasteiger partial charge is 0.328 e. The van der Waals surface area contributed by atoms with Crippen LogP contribution in [0.3, 0.4) is 0 Å². The minimum absolute atomic E-state index is 0.444. The second-order valence-electron chi connectivity index (χ2n) is 1.64. The third-order valence-corrected chi connectivity index (χ3v) is 2.05. The number of nitrogens with two attached hydrogens (primary N) is 1. The normalized spacial score (nSPS) is 28.4. The summed E-state index contributed by atoms with van der Waals surface area (Å²) in [6.45, 7) is 1.68. The molecular weight excluding hydrogens is 120 g/mol. The Morgan fingerprint density at radius 1 is 1.88 bits per heavy atom. The van der Waals surface area contributed by atoms with Crippen molar-refractivity contribution in [3.63, 3.8) is 0 Å². The van der Waals surface area contributed by atoms with Crippen molar-refractivity contribution in [3.8, 4) is 0 Å². The highest BCUT2D eigenvalue weighted by molar-refractivity contribution is 8.02. The smallest absolute Gasteiger partial charge is 0.0700 e. The van der Waals surface area contributed by atoms with Crippen LogP contribution in [-0.2, 0) is 0 Å². The van der Waals surface area contributed by atoms with Crippen molar-refractivity contribution in [1.82, 2.24) is 5.32 Å². The summed E-state index contributed by atoms with van der Waals surface area (Å²) in [6, 6.07) is 0. The maximum atomic E-state index is 5.39. The van der Waals surface area contributed by atoms with Gasteiger partial charge >= 0.3 is 0 Å². The molecular formula is C5H10N2S. The highest BCUT2D eigenvalue weighted by Crippen LogP contribution is 2.10. The van der Waals surface area contributed by atoms with Crippen LogP contribution in [0, 0.1) is 0 Å². The average Bonchev–Trinajstić information content (AvgIpc) is 1.90. The van der Waals surface area contributed by atoms with Crippen molar-refractivity contribution >= 4 is 11.8 Å². The van der Waals surface area contributed by atoms with Crippen LogP contribution in [0.25, 0.3) is 0 Å². The van der Waals surface area contributed by atoms with Crippen molar-refractivity contribution < 1.29 is 0 Å². The van der Waals surface area contributed by atoms with E-state index in [9.17, 15) is 0 Å². The lowest BCUT2D eigenvalue weighted by molar-refractivity contribution is 0.703. The fourth-order valence-corrected chi connectivity index (χ4v) is 1.29. The summed E-state index contributed by atoms with van der Waals surface area (Å²) >= 11 is 1.75. The molecule has 0 saturated heterocycles. The molecule has 0 spiro atoms. The van der Waals surface area contributed by atoms with Crippen LogP contribution < -0.4 is 11.1 Å². The molecule has 0 aromatic carbocycles. The molecule has 0 aromatic rings. The van der Waals surface area contributed by atoms with Crippen LogP contribution in [0.15, 0.2) is 11.5 Å². The summed E-state index contributed by atoms with van der Waals surface area (Å²) in [7, 11) is 0. The Kier molecular flexibility index (Phi) is 2.39. The Labute approximate surface area is 53.5 Å². The lowest BCUT2D eigenvalue weighted by atomic mass is 10.5. The minimum atomic E-state index is 0.444. The molecule has 1 aliphatic rings. The fourth-order valence-electron chi connectivity index (χ4n) is 0.585. The number of nitrogens with one attached hydrogen (secondary N) is 1. The Hall–Kier alpha value is 0.01000. The average molecular weight is 130 g/mol. The van der Waals surface area contributed by atoms with E-state index in [2.05, 4.69) is 16.8 Å². The van der Waals surface area contributed by atoms with E-state index < -0.39 is 0 Å². The zero-order chi connectivity index (χ0) is 5.82. The maximum Gasteiger partial charge on any atom is 0.0700 e. The van der Waals surface area contributed by atoms with E-state index in [1.165, 1.54) is 0 Å². The van der Waals surface area contributed by atoms with Crippen molar-refractivity contribution in [1.29, 1.82) is 0 Å². The van der Waals surface area contributed by atoms with Gasteiger partial charge in [-0.3, -0.25) is 0 Å². The molecule has 0 aromatic heterocycles. The molecule has 1 rings (SSSR count). The summed E-state index contributed by atoms with van der Waals surface area (Å²) in [6.07, 6.45) is 2.09. The molecule has 3 heteroatoms. The van der Waals surface area contributed by atoms with Crippen molar-refractivity contribution in [2.24, 2.45) is 5.73 Å². The highest BCUT2D eigenvalue weighted by Gasteiger charge is 2.04. The first kappa shape index (κ1) is 6.13. The van der Waals surface area contributed by atoms with Crippen LogP contribution in [0.4, 0.5) is 0 Å². The molecule has 0 saturated carbocycles. The minimum Gasteiger partial charge on any atom is -0.328 e. The number of thioether (sulfide) groups is 1. The molecule has 46 valence electrons. The third-order valence-electron chi connectivity index (χ3n) is 1.02. The molecule has 0 bridgehead atoms. The fraction of sp³-hybridized carbons (Fsp3) is 0.600. The Morgan fingerprint density at radius 3 is 3.12 bits per heavy atom. The number of hydrogen-bond acceptors (Lipinski definition) is 3. The molecule has 0 aliphatic carbocycles. The van der Waals surface area contributed by atoms with E-state index in [-0.39, 0.29) is 0 Å². The van der Waals surface area contributed by atoms with Crippen LogP contribution in [0.2, 0.25) is 0 Å². The van der Waals surface area contributed by atoms with Gasteiger partial charge < -0.3 is 11.1 Å². The predicted octanol–water partition coefficient (Wildman–Crippen LogP) is 0.121. The van der Waals surface area contributed by atoms with E-state index in [4.69, 9.17) is 5.73 Å². The quantitative estimate of drug-likeness (QED) is 0.529. The molecule has 2 nitrogen and oxygen atoms in total. The van der Waals surface area contributed by atoms with Crippen LogP contribution in [0.5, 0.6) is 0 Å². The number of rotatable bonds is 1.